The van der Waals surface area contributed by atoms with E-state index in [1.807, 2.05) is 50.2 Å². The number of hydrogen-bond donors (Lipinski definition) is 2. The van der Waals surface area contributed by atoms with Gasteiger partial charge in [0.2, 0.25) is 0 Å². The summed E-state index contributed by atoms with van der Waals surface area (Å²) in [6.07, 6.45) is 0. The van der Waals surface area contributed by atoms with Crippen LogP contribution in [0.15, 0.2) is 60.7 Å². The molecular weight excluding hydrogens is 440 g/mol. The molecule has 0 spiro atoms. The van der Waals surface area contributed by atoms with Crippen LogP contribution in [-0.2, 0) is 0 Å². The Labute approximate surface area is 192 Å². The molecule has 0 aliphatic rings. The summed E-state index contributed by atoms with van der Waals surface area (Å²) in [5, 5.41) is 6.76. The molecule has 2 heterocycles. The normalized spacial score (nSPS) is 11.1. The van der Waals surface area contributed by atoms with Gasteiger partial charge < -0.3 is 0 Å². The molecule has 5 aromatic rings. The molecule has 0 saturated carbocycles. The van der Waals surface area contributed by atoms with Gasteiger partial charge in [0.05, 0.1) is 20.4 Å². The van der Waals surface area contributed by atoms with Crippen molar-refractivity contribution >= 4 is 65.2 Å². The predicted octanol–water partition coefficient (Wildman–Crippen LogP) is 6.03. The topological polar surface area (TPSA) is 84.0 Å². The Morgan fingerprint density at radius 2 is 1.06 bits per heavy atom. The standard InChI is InChI=1S/C24H18N4O2S2/c1-13-3-9-17-19(11-13)31-23(25-17)27-21(29)15-5-7-16(8-6-15)22(30)28-24-26-18-10-4-14(2)12-20(18)32-24/h3-12H,1-2H3,(H,25,27,29)(H,26,28,30). The Morgan fingerprint density at radius 3 is 1.47 bits per heavy atom. The van der Waals surface area contributed by atoms with Gasteiger partial charge >= 0.3 is 0 Å². The first-order valence-electron chi connectivity index (χ1n) is 9.92. The summed E-state index contributed by atoms with van der Waals surface area (Å²) in [6.45, 7) is 4.04. The number of hydrogen-bond acceptors (Lipinski definition) is 6. The highest BCUT2D eigenvalue weighted by molar-refractivity contribution is 7.22. The maximum atomic E-state index is 12.6. The molecule has 2 amide bonds. The highest BCUT2D eigenvalue weighted by Gasteiger charge is 2.13. The zero-order valence-corrected chi connectivity index (χ0v) is 18.9. The number of aryl methyl sites for hydroxylation is 2. The van der Waals surface area contributed by atoms with Gasteiger partial charge in [0.15, 0.2) is 10.3 Å². The van der Waals surface area contributed by atoms with Crippen LogP contribution in [0.3, 0.4) is 0 Å². The molecule has 0 saturated heterocycles. The lowest BCUT2D eigenvalue weighted by Crippen LogP contribution is -2.14. The minimum atomic E-state index is -0.269. The van der Waals surface area contributed by atoms with E-state index >= 15 is 0 Å². The quantitative estimate of drug-likeness (QED) is 0.344. The summed E-state index contributed by atoms with van der Waals surface area (Å²) in [6, 6.07) is 18.5. The zero-order valence-electron chi connectivity index (χ0n) is 17.3. The monoisotopic (exact) mass is 458 g/mol. The molecule has 0 fully saturated rings. The van der Waals surface area contributed by atoms with Crippen molar-refractivity contribution in [1.82, 2.24) is 9.97 Å². The Morgan fingerprint density at radius 1 is 0.656 bits per heavy atom. The molecule has 5 rings (SSSR count). The molecule has 158 valence electrons. The number of fused-ring (bicyclic) bond motifs is 2. The Bertz CT molecular complexity index is 1370. The molecule has 2 N–H and O–H groups in total. The van der Waals surface area contributed by atoms with Crippen LogP contribution in [0.5, 0.6) is 0 Å². The Kier molecular flexibility index (Phi) is 5.16. The number of nitrogens with zero attached hydrogens (tertiary/aromatic N) is 2. The van der Waals surface area contributed by atoms with E-state index < -0.39 is 0 Å². The third kappa shape index (κ3) is 4.10. The van der Waals surface area contributed by atoms with E-state index in [1.165, 1.54) is 22.7 Å². The number of amides is 2. The van der Waals surface area contributed by atoms with Crippen LogP contribution in [0.2, 0.25) is 0 Å². The number of rotatable bonds is 4. The van der Waals surface area contributed by atoms with Gasteiger partial charge in [-0.05, 0) is 73.5 Å². The van der Waals surface area contributed by atoms with Crippen molar-refractivity contribution in [2.45, 2.75) is 13.8 Å². The third-order valence-corrected chi connectivity index (χ3v) is 6.81. The Hall–Kier alpha value is -3.62. The molecule has 2 aromatic heterocycles. The summed E-state index contributed by atoms with van der Waals surface area (Å²) < 4.78 is 2.05. The number of carbonyl (C=O) groups excluding carboxylic acids is 2. The van der Waals surface area contributed by atoms with Gasteiger partial charge in [-0.3, -0.25) is 20.2 Å². The van der Waals surface area contributed by atoms with Crippen molar-refractivity contribution < 1.29 is 9.59 Å². The predicted molar refractivity (Wildman–Crippen MR) is 131 cm³/mol. The van der Waals surface area contributed by atoms with E-state index in [-0.39, 0.29) is 11.8 Å². The number of carbonyl (C=O) groups is 2. The molecular formula is C24H18N4O2S2. The van der Waals surface area contributed by atoms with E-state index in [1.54, 1.807) is 24.3 Å². The van der Waals surface area contributed by atoms with Crippen LogP contribution < -0.4 is 10.6 Å². The zero-order chi connectivity index (χ0) is 22.2. The van der Waals surface area contributed by atoms with Gasteiger partial charge in [-0.25, -0.2) is 9.97 Å². The van der Waals surface area contributed by atoms with Crippen LogP contribution in [0.25, 0.3) is 20.4 Å². The molecule has 6 nitrogen and oxygen atoms in total. The maximum Gasteiger partial charge on any atom is 0.257 e. The second-order valence-electron chi connectivity index (χ2n) is 7.47. The molecule has 32 heavy (non-hydrogen) atoms. The number of benzene rings is 3. The Balaban J connectivity index is 1.27. The molecule has 0 aliphatic heterocycles. The molecule has 0 unspecified atom stereocenters. The SMILES string of the molecule is Cc1ccc2nc(NC(=O)c3ccc(C(=O)Nc4nc5ccc(C)cc5s4)cc3)sc2c1. The first-order valence-corrected chi connectivity index (χ1v) is 11.5. The number of anilines is 2. The van der Waals surface area contributed by atoms with E-state index in [4.69, 9.17) is 0 Å². The van der Waals surface area contributed by atoms with Crippen molar-refractivity contribution in [3.8, 4) is 0 Å². The fraction of sp³-hybridized carbons (Fsp3) is 0.0833. The first kappa shape index (κ1) is 20.3. The van der Waals surface area contributed by atoms with Crippen molar-refractivity contribution in [2.75, 3.05) is 10.6 Å². The summed E-state index contributed by atoms with van der Waals surface area (Å²) >= 11 is 2.87. The molecule has 0 radical (unpaired) electrons. The maximum absolute atomic E-state index is 12.6. The average Bonchev–Trinajstić information content (AvgIpc) is 3.35. The van der Waals surface area contributed by atoms with Gasteiger partial charge in [-0.15, -0.1) is 0 Å². The van der Waals surface area contributed by atoms with Crippen molar-refractivity contribution in [2.24, 2.45) is 0 Å². The number of thiazole rings is 2. The highest BCUT2D eigenvalue weighted by Crippen LogP contribution is 2.28. The highest BCUT2D eigenvalue weighted by atomic mass is 32.1. The van der Waals surface area contributed by atoms with Gasteiger partial charge in [0, 0.05) is 11.1 Å². The number of nitrogens with one attached hydrogen (secondary N) is 2. The smallest absolute Gasteiger partial charge is 0.257 e. The van der Waals surface area contributed by atoms with Crippen LogP contribution in [0.4, 0.5) is 10.3 Å². The largest absolute Gasteiger partial charge is 0.298 e. The van der Waals surface area contributed by atoms with Gasteiger partial charge in [-0.1, -0.05) is 34.8 Å². The fourth-order valence-corrected chi connectivity index (χ4v) is 5.20. The van der Waals surface area contributed by atoms with E-state index in [0.29, 0.717) is 21.4 Å². The van der Waals surface area contributed by atoms with Crippen LogP contribution >= 0.6 is 22.7 Å². The lowest BCUT2D eigenvalue weighted by atomic mass is 10.1. The van der Waals surface area contributed by atoms with Gasteiger partial charge in [-0.2, -0.15) is 0 Å². The van der Waals surface area contributed by atoms with E-state index in [0.717, 1.165) is 31.6 Å². The second kappa shape index (κ2) is 8.14. The van der Waals surface area contributed by atoms with Crippen molar-refractivity contribution in [3.63, 3.8) is 0 Å². The van der Waals surface area contributed by atoms with E-state index in [9.17, 15) is 9.59 Å². The van der Waals surface area contributed by atoms with Crippen molar-refractivity contribution in [3.05, 3.63) is 82.9 Å². The third-order valence-electron chi connectivity index (χ3n) is 4.94. The molecule has 0 bridgehead atoms. The van der Waals surface area contributed by atoms with Crippen LogP contribution in [0, 0.1) is 13.8 Å². The van der Waals surface area contributed by atoms with Crippen LogP contribution in [0.1, 0.15) is 31.8 Å². The summed E-state index contributed by atoms with van der Waals surface area (Å²) in [5.74, 6) is -0.538. The summed E-state index contributed by atoms with van der Waals surface area (Å²) in [5.41, 5.74) is 4.91. The molecule has 0 aliphatic carbocycles. The minimum Gasteiger partial charge on any atom is -0.298 e. The lowest BCUT2D eigenvalue weighted by Gasteiger charge is -2.04. The van der Waals surface area contributed by atoms with E-state index in [2.05, 4.69) is 20.6 Å². The van der Waals surface area contributed by atoms with Crippen molar-refractivity contribution in [1.29, 1.82) is 0 Å². The molecule has 3 aromatic carbocycles. The molecule has 0 atom stereocenters. The minimum absolute atomic E-state index is 0.269. The molecule has 8 heteroatoms. The average molecular weight is 459 g/mol. The number of aromatic nitrogens is 2. The second-order valence-corrected chi connectivity index (χ2v) is 9.53. The fourth-order valence-electron chi connectivity index (χ4n) is 3.28. The summed E-state index contributed by atoms with van der Waals surface area (Å²) in [4.78, 5) is 34.1. The first-order chi connectivity index (χ1) is 15.4. The summed E-state index contributed by atoms with van der Waals surface area (Å²) in [7, 11) is 0. The van der Waals surface area contributed by atoms with Crippen LogP contribution in [-0.4, -0.2) is 21.8 Å². The van der Waals surface area contributed by atoms with Gasteiger partial charge in [0.1, 0.15) is 0 Å². The lowest BCUT2D eigenvalue weighted by molar-refractivity contribution is 0.101. The van der Waals surface area contributed by atoms with Gasteiger partial charge in [0.25, 0.3) is 11.8 Å².